The van der Waals surface area contributed by atoms with Crippen LogP contribution in [0.25, 0.3) is 0 Å². The predicted molar refractivity (Wildman–Crippen MR) is 87.2 cm³/mol. The summed E-state index contributed by atoms with van der Waals surface area (Å²) in [5.74, 6) is -0.234. The molecule has 0 fully saturated rings. The third-order valence-electron chi connectivity index (χ3n) is 3.55. The van der Waals surface area contributed by atoms with Gasteiger partial charge in [0, 0.05) is 6.42 Å². The Hall–Kier alpha value is -2.29. The zero-order chi connectivity index (χ0) is 16.2. The minimum atomic E-state index is -0.369. The number of phenolic OH excluding ortho intramolecular Hbond substituents is 1. The third kappa shape index (κ3) is 4.35. The molecule has 116 valence electrons. The van der Waals surface area contributed by atoms with Gasteiger partial charge in [0.1, 0.15) is 5.75 Å². The zero-order valence-corrected chi connectivity index (χ0v) is 13.3. The van der Waals surface area contributed by atoms with Crippen molar-refractivity contribution < 1.29 is 14.6 Å². The highest BCUT2D eigenvalue weighted by atomic mass is 16.5. The quantitative estimate of drug-likeness (QED) is 0.865. The molecule has 2 rings (SSSR count). The Kier molecular flexibility index (Phi) is 4.86. The number of esters is 1. The molecule has 0 amide bonds. The fourth-order valence-corrected chi connectivity index (χ4v) is 2.11. The lowest BCUT2D eigenvalue weighted by Crippen LogP contribution is -2.11. The highest BCUT2D eigenvalue weighted by molar-refractivity contribution is 5.89. The Bertz CT molecular complexity index is 619. The maximum Gasteiger partial charge on any atom is 0.338 e. The molecule has 2 aromatic carbocycles. The number of benzene rings is 2. The van der Waals surface area contributed by atoms with Crippen LogP contribution in [0.5, 0.6) is 5.75 Å². The molecule has 0 aliphatic carbocycles. The van der Waals surface area contributed by atoms with E-state index >= 15 is 0 Å². The monoisotopic (exact) mass is 298 g/mol. The molecular weight excluding hydrogens is 276 g/mol. The van der Waals surface area contributed by atoms with Gasteiger partial charge in [0.15, 0.2) is 0 Å². The van der Waals surface area contributed by atoms with Crippen LogP contribution in [0.2, 0.25) is 0 Å². The molecule has 3 heteroatoms. The summed E-state index contributed by atoms with van der Waals surface area (Å²) in [6, 6.07) is 14.5. The van der Waals surface area contributed by atoms with Crippen molar-refractivity contribution in [2.24, 2.45) is 0 Å². The summed E-state index contributed by atoms with van der Waals surface area (Å²) in [6.45, 7) is 6.89. The van der Waals surface area contributed by atoms with Crippen molar-refractivity contribution >= 4 is 5.97 Å². The van der Waals surface area contributed by atoms with Gasteiger partial charge < -0.3 is 9.84 Å². The van der Waals surface area contributed by atoms with Crippen LogP contribution < -0.4 is 0 Å². The summed E-state index contributed by atoms with van der Waals surface area (Å²) in [7, 11) is 0. The summed E-state index contributed by atoms with van der Waals surface area (Å²) in [4.78, 5) is 11.8. The molecule has 0 atom stereocenters. The van der Waals surface area contributed by atoms with E-state index in [1.165, 1.54) is 17.7 Å². The van der Waals surface area contributed by atoms with E-state index in [4.69, 9.17) is 4.74 Å². The van der Waals surface area contributed by atoms with Gasteiger partial charge in [-0.1, -0.05) is 45.0 Å². The summed E-state index contributed by atoms with van der Waals surface area (Å²) in [5, 5.41) is 9.19. The van der Waals surface area contributed by atoms with Gasteiger partial charge in [0.05, 0.1) is 12.2 Å². The van der Waals surface area contributed by atoms with E-state index in [1.54, 1.807) is 12.1 Å². The number of aromatic hydroxyl groups is 1. The largest absolute Gasteiger partial charge is 0.508 e. The number of hydrogen-bond donors (Lipinski definition) is 1. The van der Waals surface area contributed by atoms with E-state index in [0.29, 0.717) is 18.6 Å². The standard InChI is InChI=1S/C19H22O3/c1-19(2,3)16-8-4-14(5-9-16)12-13-22-18(21)15-6-10-17(20)11-7-15/h4-11,20H,12-13H2,1-3H3. The second-order valence-electron chi connectivity index (χ2n) is 6.38. The number of phenols is 1. The Morgan fingerprint density at radius 2 is 1.59 bits per heavy atom. The molecule has 22 heavy (non-hydrogen) atoms. The lowest BCUT2D eigenvalue weighted by atomic mass is 9.86. The number of rotatable bonds is 4. The van der Waals surface area contributed by atoms with E-state index in [2.05, 4.69) is 45.0 Å². The van der Waals surface area contributed by atoms with Gasteiger partial charge in [0.25, 0.3) is 0 Å². The van der Waals surface area contributed by atoms with E-state index < -0.39 is 0 Å². The average molecular weight is 298 g/mol. The van der Waals surface area contributed by atoms with Crippen molar-refractivity contribution in [1.29, 1.82) is 0 Å². The SMILES string of the molecule is CC(C)(C)c1ccc(CCOC(=O)c2ccc(O)cc2)cc1. The minimum absolute atomic E-state index is 0.135. The van der Waals surface area contributed by atoms with E-state index in [9.17, 15) is 9.90 Å². The lowest BCUT2D eigenvalue weighted by Gasteiger charge is -2.19. The van der Waals surface area contributed by atoms with Gasteiger partial charge in [-0.15, -0.1) is 0 Å². The Balaban J connectivity index is 1.86. The second kappa shape index (κ2) is 6.65. The number of ether oxygens (including phenoxy) is 1. The first-order chi connectivity index (χ1) is 10.4. The molecule has 0 saturated heterocycles. The van der Waals surface area contributed by atoms with Crippen LogP contribution in [0.1, 0.15) is 42.3 Å². The number of carbonyl (C=O) groups excluding carboxylic acids is 1. The fraction of sp³-hybridized carbons (Fsp3) is 0.316. The van der Waals surface area contributed by atoms with Crippen molar-refractivity contribution in [2.75, 3.05) is 6.61 Å². The molecule has 1 N–H and O–H groups in total. The molecule has 0 bridgehead atoms. The molecule has 2 aromatic rings. The van der Waals surface area contributed by atoms with Crippen molar-refractivity contribution in [1.82, 2.24) is 0 Å². The molecule has 0 unspecified atom stereocenters. The number of hydrogen-bond acceptors (Lipinski definition) is 3. The summed E-state index contributed by atoms with van der Waals surface area (Å²) in [5.41, 5.74) is 3.02. The highest BCUT2D eigenvalue weighted by Gasteiger charge is 2.13. The molecule has 0 radical (unpaired) electrons. The van der Waals surface area contributed by atoms with Crippen LogP contribution in [0, 0.1) is 0 Å². The minimum Gasteiger partial charge on any atom is -0.508 e. The predicted octanol–water partition coefficient (Wildman–Crippen LogP) is 4.09. The lowest BCUT2D eigenvalue weighted by molar-refractivity contribution is 0.0509. The van der Waals surface area contributed by atoms with Crippen LogP contribution in [0.4, 0.5) is 0 Å². The second-order valence-corrected chi connectivity index (χ2v) is 6.38. The molecule has 0 aliphatic rings. The van der Waals surface area contributed by atoms with Gasteiger partial charge >= 0.3 is 5.97 Å². The van der Waals surface area contributed by atoms with Gasteiger partial charge in [-0.05, 0) is 40.8 Å². The first kappa shape index (κ1) is 16.1. The van der Waals surface area contributed by atoms with Crippen molar-refractivity contribution in [3.63, 3.8) is 0 Å². The topological polar surface area (TPSA) is 46.5 Å². The van der Waals surface area contributed by atoms with Crippen LogP contribution in [0.3, 0.4) is 0 Å². The third-order valence-corrected chi connectivity index (χ3v) is 3.55. The van der Waals surface area contributed by atoms with Crippen LogP contribution in [-0.4, -0.2) is 17.7 Å². The van der Waals surface area contributed by atoms with Gasteiger partial charge in [0.2, 0.25) is 0 Å². The average Bonchev–Trinajstić information content (AvgIpc) is 2.47. The molecular formula is C19H22O3. The Labute approximate surface area is 131 Å². The van der Waals surface area contributed by atoms with Crippen LogP contribution >= 0.6 is 0 Å². The van der Waals surface area contributed by atoms with Crippen molar-refractivity contribution in [2.45, 2.75) is 32.6 Å². The normalized spacial score (nSPS) is 11.2. The van der Waals surface area contributed by atoms with Gasteiger partial charge in [-0.25, -0.2) is 4.79 Å². The maximum atomic E-state index is 11.8. The van der Waals surface area contributed by atoms with Crippen LogP contribution in [-0.2, 0) is 16.6 Å². The summed E-state index contributed by atoms with van der Waals surface area (Å²) >= 11 is 0. The van der Waals surface area contributed by atoms with Gasteiger partial charge in [-0.2, -0.15) is 0 Å². The number of carbonyl (C=O) groups is 1. The Morgan fingerprint density at radius 3 is 2.14 bits per heavy atom. The molecule has 0 aromatic heterocycles. The smallest absolute Gasteiger partial charge is 0.338 e. The molecule has 3 nitrogen and oxygen atoms in total. The fourth-order valence-electron chi connectivity index (χ4n) is 2.11. The van der Waals surface area contributed by atoms with Crippen LogP contribution in [0.15, 0.2) is 48.5 Å². The first-order valence-electron chi connectivity index (χ1n) is 7.42. The van der Waals surface area contributed by atoms with E-state index in [1.807, 2.05) is 0 Å². The molecule has 0 saturated carbocycles. The van der Waals surface area contributed by atoms with Gasteiger partial charge in [-0.3, -0.25) is 0 Å². The van der Waals surface area contributed by atoms with Crippen molar-refractivity contribution in [3.8, 4) is 5.75 Å². The maximum absolute atomic E-state index is 11.8. The molecule has 0 spiro atoms. The Morgan fingerprint density at radius 1 is 1.00 bits per heavy atom. The van der Waals surface area contributed by atoms with E-state index in [-0.39, 0.29) is 17.1 Å². The first-order valence-corrected chi connectivity index (χ1v) is 7.42. The van der Waals surface area contributed by atoms with E-state index in [0.717, 1.165) is 5.56 Å². The highest BCUT2D eigenvalue weighted by Crippen LogP contribution is 2.22. The van der Waals surface area contributed by atoms with Crippen molar-refractivity contribution in [3.05, 3.63) is 65.2 Å². The summed E-state index contributed by atoms with van der Waals surface area (Å²) < 4.78 is 5.25. The summed E-state index contributed by atoms with van der Waals surface area (Å²) in [6.07, 6.45) is 0.689. The zero-order valence-electron chi connectivity index (χ0n) is 13.3. The molecule has 0 heterocycles. The molecule has 0 aliphatic heterocycles.